The summed E-state index contributed by atoms with van der Waals surface area (Å²) in [6.45, 7) is 3.04. The SMILES string of the molecule is CC1c2c(cc(F)c(Cl)c2-c2c(C(N)=O)ccc(OCCO)c2F)OC1(CNC1CCC(C(=O)NC2CCN(c3cccc4c(C5CCC(=O)NC5=O)nn(C)c34)CC2)CC1)c1ccccc1. The smallest absolute Gasteiger partial charge is 0.249 e. The van der Waals surface area contributed by atoms with Gasteiger partial charge in [-0.25, -0.2) is 8.78 Å². The van der Waals surface area contributed by atoms with Gasteiger partial charge in [-0.3, -0.25) is 29.2 Å². The lowest BCUT2D eigenvalue weighted by Gasteiger charge is -2.38. The Morgan fingerprint density at radius 2 is 1.73 bits per heavy atom. The number of aliphatic hydroxyl groups is 1. The first-order chi connectivity index (χ1) is 32.3. The Bertz CT molecular complexity index is 2740. The van der Waals surface area contributed by atoms with Crippen LogP contribution in [0, 0.1) is 17.6 Å². The van der Waals surface area contributed by atoms with Gasteiger partial charge in [0.05, 0.1) is 40.0 Å². The number of aromatic nitrogens is 2. The topological polar surface area (TPSA) is 190 Å². The van der Waals surface area contributed by atoms with Crippen LogP contribution in [0.1, 0.15) is 97.3 Å². The molecule has 6 N–H and O–H groups in total. The summed E-state index contributed by atoms with van der Waals surface area (Å²) in [5.41, 5.74) is 7.86. The highest BCUT2D eigenvalue weighted by atomic mass is 35.5. The van der Waals surface area contributed by atoms with Crippen LogP contribution in [0.25, 0.3) is 22.0 Å². The van der Waals surface area contributed by atoms with Crippen molar-refractivity contribution < 1.29 is 42.5 Å². The number of benzene rings is 4. The van der Waals surface area contributed by atoms with Gasteiger partial charge in [-0.05, 0) is 68.7 Å². The maximum atomic E-state index is 16.4. The lowest BCUT2D eigenvalue weighted by Crippen LogP contribution is -2.49. The van der Waals surface area contributed by atoms with Gasteiger partial charge in [0.15, 0.2) is 17.2 Å². The zero-order valence-corrected chi connectivity index (χ0v) is 38.1. The molecule has 4 heterocycles. The molecule has 4 aromatic carbocycles. The number of hydrogen-bond acceptors (Lipinski definition) is 10. The molecule has 352 valence electrons. The molecular weight excluding hydrogens is 884 g/mol. The zero-order valence-electron chi connectivity index (χ0n) is 37.4. The summed E-state index contributed by atoms with van der Waals surface area (Å²) in [5.74, 6) is -4.62. The van der Waals surface area contributed by atoms with E-state index < -0.39 is 40.0 Å². The maximum Gasteiger partial charge on any atom is 0.249 e. The number of piperidine rings is 2. The molecule has 1 aromatic heterocycles. The van der Waals surface area contributed by atoms with Gasteiger partial charge in [0.1, 0.15) is 18.2 Å². The number of imide groups is 1. The molecule has 0 radical (unpaired) electrons. The van der Waals surface area contributed by atoms with Crippen molar-refractivity contribution >= 4 is 51.8 Å². The number of carbonyl (C=O) groups excluding carboxylic acids is 4. The van der Waals surface area contributed by atoms with Gasteiger partial charge in [-0.1, -0.05) is 61.0 Å². The van der Waals surface area contributed by atoms with Crippen LogP contribution in [0.2, 0.25) is 5.02 Å². The Labute approximate surface area is 391 Å². The van der Waals surface area contributed by atoms with Crippen LogP contribution in [-0.2, 0) is 27.0 Å². The van der Waals surface area contributed by atoms with Crippen molar-refractivity contribution in [1.29, 1.82) is 0 Å². The van der Waals surface area contributed by atoms with Crippen molar-refractivity contribution in [2.24, 2.45) is 18.7 Å². The molecule has 5 aromatic rings. The lowest BCUT2D eigenvalue weighted by atomic mass is 9.77. The van der Waals surface area contributed by atoms with Crippen molar-refractivity contribution in [3.63, 3.8) is 0 Å². The van der Waals surface area contributed by atoms with Crippen molar-refractivity contribution in [3.05, 3.63) is 106 Å². The highest BCUT2D eigenvalue weighted by molar-refractivity contribution is 6.34. The fourth-order valence-electron chi connectivity index (χ4n) is 10.7. The molecule has 4 aliphatic rings. The quantitative estimate of drug-likeness (QED) is 0.0817. The fraction of sp³-hybridized carbons (Fsp3) is 0.420. The molecule has 2 saturated heterocycles. The third-order valence-corrected chi connectivity index (χ3v) is 14.6. The van der Waals surface area contributed by atoms with Crippen molar-refractivity contribution in [3.8, 4) is 22.6 Å². The van der Waals surface area contributed by atoms with Gasteiger partial charge in [0.25, 0.3) is 0 Å². The first-order valence-corrected chi connectivity index (χ1v) is 23.4. The number of primary amides is 1. The molecule has 14 nitrogen and oxygen atoms in total. The van der Waals surface area contributed by atoms with Crippen molar-refractivity contribution in [1.82, 2.24) is 25.7 Å². The molecule has 67 heavy (non-hydrogen) atoms. The van der Waals surface area contributed by atoms with E-state index in [1.165, 1.54) is 18.2 Å². The third-order valence-electron chi connectivity index (χ3n) is 14.3. The number of aryl methyl sites for hydroxylation is 1. The van der Waals surface area contributed by atoms with Crippen LogP contribution in [0.3, 0.4) is 0 Å². The van der Waals surface area contributed by atoms with E-state index in [1.54, 1.807) is 0 Å². The van der Waals surface area contributed by atoms with E-state index in [0.717, 1.165) is 60.9 Å². The van der Waals surface area contributed by atoms with Gasteiger partial charge in [0.2, 0.25) is 23.6 Å². The van der Waals surface area contributed by atoms with E-state index in [-0.39, 0.29) is 90.1 Å². The molecule has 3 atom stereocenters. The molecule has 9 rings (SSSR count). The normalized spacial score (nSPS) is 23.2. The van der Waals surface area contributed by atoms with E-state index in [4.69, 9.17) is 31.9 Å². The molecule has 17 heteroatoms. The van der Waals surface area contributed by atoms with Crippen LogP contribution in [-0.4, -0.2) is 83.4 Å². The maximum absolute atomic E-state index is 16.4. The molecule has 3 fully saturated rings. The van der Waals surface area contributed by atoms with Gasteiger partial charge in [0, 0.05) is 85.2 Å². The number of carbonyl (C=O) groups is 4. The van der Waals surface area contributed by atoms with E-state index in [2.05, 4.69) is 26.9 Å². The van der Waals surface area contributed by atoms with Gasteiger partial charge < -0.3 is 35.8 Å². The number of anilines is 1. The molecule has 0 bridgehead atoms. The second-order valence-corrected chi connectivity index (χ2v) is 18.5. The molecule has 4 amide bonds. The average Bonchev–Trinajstić information content (AvgIpc) is 3.81. The summed E-state index contributed by atoms with van der Waals surface area (Å²) in [5, 5.41) is 24.1. The van der Waals surface area contributed by atoms with Gasteiger partial charge >= 0.3 is 0 Å². The first kappa shape index (κ1) is 46.0. The summed E-state index contributed by atoms with van der Waals surface area (Å²) in [6, 6.07) is 19.3. The van der Waals surface area contributed by atoms with Crippen LogP contribution in [0.4, 0.5) is 14.5 Å². The summed E-state index contributed by atoms with van der Waals surface area (Å²) in [4.78, 5) is 53.3. The number of halogens is 3. The van der Waals surface area contributed by atoms with Crippen molar-refractivity contribution in [2.45, 2.75) is 87.8 Å². The Hall–Kier alpha value is -6.10. The van der Waals surface area contributed by atoms with Gasteiger partial charge in [-0.2, -0.15) is 5.10 Å². The fourth-order valence-corrected chi connectivity index (χ4v) is 11.0. The average molecular weight is 938 g/mol. The molecule has 3 unspecified atom stereocenters. The largest absolute Gasteiger partial charge is 0.488 e. The summed E-state index contributed by atoms with van der Waals surface area (Å²) in [6.07, 6.45) is 5.09. The van der Waals surface area contributed by atoms with E-state index in [0.29, 0.717) is 30.5 Å². The number of aliphatic hydroxyl groups excluding tert-OH is 1. The minimum Gasteiger partial charge on any atom is -0.488 e. The molecule has 1 aliphatic carbocycles. The number of rotatable bonds is 13. The molecular formula is C50H54ClF2N7O7. The van der Waals surface area contributed by atoms with E-state index >= 15 is 8.78 Å². The molecule has 0 spiro atoms. The number of nitrogens with one attached hydrogen (secondary N) is 3. The van der Waals surface area contributed by atoms with Crippen molar-refractivity contribution in [2.75, 3.05) is 37.7 Å². The van der Waals surface area contributed by atoms with Crippen LogP contribution in [0.15, 0.2) is 66.7 Å². The Morgan fingerprint density at radius 3 is 2.43 bits per heavy atom. The third kappa shape index (κ3) is 8.59. The number of amides is 4. The standard InChI is InChI=1S/C50H54ClF2N7O7/c1-27-40-38(25-35(52)43(51)42(40)41-32(47(54)63)15-17-37(44(41)53)66-24-23-61)67-50(27,29-7-4-3-5-8-29)26-55-30-13-11-28(12-14-30)48(64)56-31-19-21-60(22-20-31)36-10-6-9-33-45(58-59(2)46(33)36)34-16-18-39(62)57-49(34)65/h3-10,15,17,25,27-28,30-31,34,55,61H,11-14,16,18-24,26H2,1-2H3,(H2,54,63)(H,56,64)(H,57,62,65). The van der Waals surface area contributed by atoms with E-state index in [9.17, 15) is 24.3 Å². The monoisotopic (exact) mass is 937 g/mol. The number of ether oxygens (including phenoxy) is 2. The highest BCUT2D eigenvalue weighted by Crippen LogP contribution is 2.56. The number of para-hydroxylation sites is 1. The number of fused-ring (bicyclic) bond motifs is 2. The summed E-state index contributed by atoms with van der Waals surface area (Å²) in [7, 11) is 1.88. The van der Waals surface area contributed by atoms with Crippen LogP contribution < -0.4 is 36.1 Å². The minimum absolute atomic E-state index is 0.0315. The van der Waals surface area contributed by atoms with E-state index in [1.807, 2.05) is 61.1 Å². The minimum atomic E-state index is -1.12. The second-order valence-electron chi connectivity index (χ2n) is 18.2. The predicted octanol–water partition coefficient (Wildman–Crippen LogP) is 6.49. The number of hydrogen-bond donors (Lipinski definition) is 5. The first-order valence-electron chi connectivity index (χ1n) is 23.0. The lowest BCUT2D eigenvalue weighted by molar-refractivity contribution is -0.134. The Balaban J connectivity index is 0.856. The summed E-state index contributed by atoms with van der Waals surface area (Å²) < 4.78 is 46.3. The Morgan fingerprint density at radius 1 is 0.985 bits per heavy atom. The summed E-state index contributed by atoms with van der Waals surface area (Å²) >= 11 is 6.71. The number of nitrogens with two attached hydrogens (primary N) is 1. The molecule has 1 saturated carbocycles. The second kappa shape index (κ2) is 18.9. The Kier molecular flexibility index (Phi) is 13.0. The van der Waals surface area contributed by atoms with Crippen LogP contribution >= 0.6 is 11.6 Å². The highest BCUT2D eigenvalue weighted by Gasteiger charge is 2.50. The zero-order chi connectivity index (χ0) is 47.1. The predicted molar refractivity (Wildman–Crippen MR) is 248 cm³/mol. The van der Waals surface area contributed by atoms with Crippen LogP contribution in [0.5, 0.6) is 11.5 Å². The molecule has 3 aliphatic heterocycles. The van der Waals surface area contributed by atoms with Gasteiger partial charge in [-0.15, -0.1) is 0 Å². The number of nitrogens with zero attached hydrogens (tertiary/aromatic N) is 3.